The van der Waals surface area contributed by atoms with Crippen LogP contribution in [0.2, 0.25) is 0 Å². The molecule has 7 heteroatoms. The maximum Gasteiger partial charge on any atom is 0.270 e. The van der Waals surface area contributed by atoms with Crippen molar-refractivity contribution in [1.29, 1.82) is 0 Å². The van der Waals surface area contributed by atoms with E-state index in [1.807, 2.05) is 64.7 Å². The van der Waals surface area contributed by atoms with Gasteiger partial charge in [0, 0.05) is 25.2 Å². The smallest absolute Gasteiger partial charge is 0.270 e. The molecule has 0 atom stereocenters. The number of hydrogen-bond acceptors (Lipinski definition) is 5. The summed E-state index contributed by atoms with van der Waals surface area (Å²) >= 11 is 0. The molecule has 0 saturated heterocycles. The van der Waals surface area contributed by atoms with E-state index in [4.69, 9.17) is 19.4 Å². The lowest BCUT2D eigenvalue weighted by Crippen LogP contribution is -2.15. The number of carbonyl (C=O) groups is 2. The first kappa shape index (κ1) is 46.0. The van der Waals surface area contributed by atoms with Crippen LogP contribution in [-0.2, 0) is 16.0 Å². The molecule has 0 saturated carbocycles. The molecule has 1 N–H and O–H groups in total. The van der Waals surface area contributed by atoms with Crippen molar-refractivity contribution in [2.45, 2.75) is 74.2 Å². The molecular formula is C32H55F2NO4. The van der Waals surface area contributed by atoms with Crippen LogP contribution in [0.5, 0.6) is 5.75 Å². The number of rotatable bonds is 7. The summed E-state index contributed by atoms with van der Waals surface area (Å²) in [6.07, 6.45) is 1.93. The highest BCUT2D eigenvalue weighted by molar-refractivity contribution is 5.73. The van der Waals surface area contributed by atoms with E-state index < -0.39 is 5.92 Å². The summed E-state index contributed by atoms with van der Waals surface area (Å²) < 4.78 is 32.3. The Kier molecular flexibility index (Phi) is 36.9. The van der Waals surface area contributed by atoms with E-state index in [1.54, 1.807) is 12.1 Å². The molecule has 0 radical (unpaired) electrons. The number of methoxy groups -OCH3 is 1. The van der Waals surface area contributed by atoms with E-state index in [-0.39, 0.29) is 5.57 Å². The third-order valence-corrected chi connectivity index (χ3v) is 4.73. The van der Waals surface area contributed by atoms with Gasteiger partial charge in [-0.3, -0.25) is 0 Å². The Morgan fingerprint density at radius 3 is 1.59 bits per heavy atom. The second-order valence-corrected chi connectivity index (χ2v) is 7.76. The predicted molar refractivity (Wildman–Crippen MR) is 165 cm³/mol. The molecule has 5 nitrogen and oxygen atoms in total. The molecule has 2 aromatic carbocycles. The van der Waals surface area contributed by atoms with E-state index in [1.165, 1.54) is 19.1 Å². The minimum atomic E-state index is -2.98. The van der Waals surface area contributed by atoms with Gasteiger partial charge in [0.15, 0.2) is 0 Å². The number of allylic oxidation sites excluding steroid dienone is 1. The van der Waals surface area contributed by atoms with E-state index in [2.05, 4.69) is 46.2 Å². The SMILES string of the molecule is C=C(c1cc(Cc2ccc(C)cc2)ccc1OC)C(C)(F)F.C=O.C=O.CC.CCC.CCN(C)CC.CO. The van der Waals surface area contributed by atoms with Crippen molar-refractivity contribution in [2.24, 2.45) is 0 Å². The third-order valence-electron chi connectivity index (χ3n) is 4.73. The first-order chi connectivity index (χ1) is 18.5. The number of nitrogens with zero attached hydrogens (tertiary/aromatic N) is 1. The zero-order valence-electron chi connectivity index (χ0n) is 26.4. The number of alkyl halides is 2. The van der Waals surface area contributed by atoms with Gasteiger partial charge < -0.3 is 24.3 Å². The van der Waals surface area contributed by atoms with Crippen LogP contribution < -0.4 is 4.74 Å². The second kappa shape index (κ2) is 31.3. The van der Waals surface area contributed by atoms with Gasteiger partial charge in [-0.25, -0.2) is 8.78 Å². The highest BCUT2D eigenvalue weighted by Crippen LogP contribution is 2.36. The van der Waals surface area contributed by atoms with Crippen LogP contribution in [0.25, 0.3) is 5.57 Å². The first-order valence-corrected chi connectivity index (χ1v) is 13.0. The zero-order chi connectivity index (χ0) is 32.0. The van der Waals surface area contributed by atoms with Crippen LogP contribution in [0.4, 0.5) is 8.78 Å². The maximum absolute atomic E-state index is 13.6. The Morgan fingerprint density at radius 2 is 1.28 bits per heavy atom. The number of hydrogen-bond donors (Lipinski definition) is 1. The Morgan fingerprint density at radius 1 is 0.897 bits per heavy atom. The lowest BCUT2D eigenvalue weighted by molar-refractivity contribution is -0.0987. The van der Waals surface area contributed by atoms with E-state index in [0.29, 0.717) is 17.7 Å². The molecule has 0 aliphatic heterocycles. The molecule has 226 valence electrons. The Bertz CT molecular complexity index is 801. The van der Waals surface area contributed by atoms with Crippen LogP contribution in [0.1, 0.15) is 77.1 Å². The topological polar surface area (TPSA) is 66.8 Å². The number of ether oxygens (including phenoxy) is 1. The monoisotopic (exact) mass is 555 g/mol. The standard InChI is InChI=1S/C19H20F2O.C5H13N.C3H8.C2H6.CH4O.2CH2O/c1-13-5-7-15(8-6-13)11-16-9-10-18(22-4)17(12-16)14(2)19(3,20)21;1-4-6(3)5-2;1-3-2;4*1-2/h5-10,12H,2,11H2,1,3-4H3;4-5H2,1-3H3;3H2,1-2H3;1-2H3;2H,1H3;2*1H2. The maximum atomic E-state index is 13.6. The lowest BCUT2D eigenvalue weighted by atomic mass is 9.96. The van der Waals surface area contributed by atoms with Gasteiger partial charge in [-0.05, 0) is 56.7 Å². The average Bonchev–Trinajstić information content (AvgIpc) is 2.98. The minimum Gasteiger partial charge on any atom is -0.496 e. The van der Waals surface area contributed by atoms with Gasteiger partial charge in [0.1, 0.15) is 19.3 Å². The molecule has 0 unspecified atom stereocenters. The van der Waals surface area contributed by atoms with Crippen molar-refractivity contribution in [3.8, 4) is 5.75 Å². The van der Waals surface area contributed by atoms with Crippen molar-refractivity contribution in [1.82, 2.24) is 4.90 Å². The Hall–Kier alpha value is -2.90. The summed E-state index contributed by atoms with van der Waals surface area (Å²) in [5.41, 5.74) is 3.41. The molecule has 0 spiro atoms. The van der Waals surface area contributed by atoms with Crippen LogP contribution in [-0.4, -0.2) is 63.9 Å². The largest absolute Gasteiger partial charge is 0.496 e. The molecule has 0 fully saturated rings. The zero-order valence-corrected chi connectivity index (χ0v) is 26.4. The average molecular weight is 556 g/mol. The summed E-state index contributed by atoms with van der Waals surface area (Å²) in [4.78, 5) is 18.2. The number of aliphatic hydroxyl groups excluding tert-OH is 1. The highest BCUT2D eigenvalue weighted by Gasteiger charge is 2.29. The molecular weight excluding hydrogens is 500 g/mol. The van der Waals surface area contributed by atoms with Gasteiger partial charge in [-0.15, -0.1) is 0 Å². The summed E-state index contributed by atoms with van der Waals surface area (Å²) in [6.45, 7) is 25.3. The van der Waals surface area contributed by atoms with Gasteiger partial charge >= 0.3 is 0 Å². The van der Waals surface area contributed by atoms with E-state index in [9.17, 15) is 8.78 Å². The number of aliphatic hydroxyl groups is 1. The van der Waals surface area contributed by atoms with Crippen LogP contribution in [0, 0.1) is 6.92 Å². The van der Waals surface area contributed by atoms with E-state index >= 15 is 0 Å². The number of halogens is 2. The Labute approximate surface area is 237 Å². The van der Waals surface area contributed by atoms with Gasteiger partial charge in [0.05, 0.1) is 7.11 Å². The third kappa shape index (κ3) is 23.9. The Balaban J connectivity index is -0.000000189. The van der Waals surface area contributed by atoms with Crippen LogP contribution in [0.15, 0.2) is 49.0 Å². The first-order valence-electron chi connectivity index (χ1n) is 13.0. The predicted octanol–water partition coefficient (Wildman–Crippen LogP) is 7.90. The van der Waals surface area contributed by atoms with Crippen molar-refractivity contribution in [3.05, 3.63) is 71.3 Å². The van der Waals surface area contributed by atoms with E-state index in [0.717, 1.165) is 38.2 Å². The number of benzene rings is 2. The van der Waals surface area contributed by atoms with Gasteiger partial charge in [0.25, 0.3) is 5.92 Å². The molecule has 0 aliphatic carbocycles. The quantitative estimate of drug-likeness (QED) is 0.376. The molecule has 0 aromatic heterocycles. The molecule has 0 heterocycles. The molecule has 2 aromatic rings. The van der Waals surface area contributed by atoms with Gasteiger partial charge in [0.2, 0.25) is 0 Å². The number of aryl methyl sites for hydroxylation is 1. The van der Waals surface area contributed by atoms with Crippen LogP contribution >= 0.6 is 0 Å². The molecule has 39 heavy (non-hydrogen) atoms. The van der Waals surface area contributed by atoms with Gasteiger partial charge in [-0.2, -0.15) is 0 Å². The summed E-state index contributed by atoms with van der Waals surface area (Å²) in [6, 6.07) is 13.5. The fraction of sp³-hybridized carbons (Fsp3) is 0.500. The van der Waals surface area contributed by atoms with Crippen LogP contribution in [0.3, 0.4) is 0 Å². The fourth-order valence-corrected chi connectivity index (χ4v) is 2.50. The second-order valence-electron chi connectivity index (χ2n) is 7.76. The van der Waals surface area contributed by atoms with Gasteiger partial charge in [-0.1, -0.05) is 90.4 Å². The fourth-order valence-electron chi connectivity index (χ4n) is 2.50. The molecule has 0 aliphatic rings. The summed E-state index contributed by atoms with van der Waals surface area (Å²) in [5.74, 6) is -2.56. The number of carbonyl (C=O) groups excluding carboxylic acids is 2. The van der Waals surface area contributed by atoms with Crippen molar-refractivity contribution in [2.75, 3.05) is 34.4 Å². The summed E-state index contributed by atoms with van der Waals surface area (Å²) in [5, 5.41) is 7.00. The van der Waals surface area contributed by atoms with Crippen molar-refractivity contribution in [3.63, 3.8) is 0 Å². The van der Waals surface area contributed by atoms with Crippen molar-refractivity contribution >= 4 is 19.2 Å². The van der Waals surface area contributed by atoms with Crippen molar-refractivity contribution < 1.29 is 28.2 Å². The lowest BCUT2D eigenvalue weighted by Gasteiger charge is -2.18. The molecule has 0 bridgehead atoms. The normalized spacial score (nSPS) is 8.90. The summed E-state index contributed by atoms with van der Waals surface area (Å²) in [7, 11) is 4.58. The molecule has 0 amide bonds. The molecule has 2 rings (SSSR count). The highest BCUT2D eigenvalue weighted by atomic mass is 19.3. The minimum absolute atomic E-state index is 0.227.